The van der Waals surface area contributed by atoms with E-state index in [0.29, 0.717) is 11.6 Å². The van der Waals surface area contributed by atoms with Gasteiger partial charge in [-0.1, -0.05) is 12.1 Å². The maximum absolute atomic E-state index is 12.6. The smallest absolute Gasteiger partial charge is 0.251 e. The molecule has 0 aliphatic carbocycles. The Labute approximate surface area is 154 Å². The molecule has 2 aromatic carbocycles. The van der Waals surface area contributed by atoms with E-state index >= 15 is 0 Å². The fourth-order valence-electron chi connectivity index (χ4n) is 3.18. The fraction of sp³-hybridized carbons (Fsp3) is 0.333. The number of carbonyl (C=O) groups excluding carboxylic acids is 1. The number of benzene rings is 2. The van der Waals surface area contributed by atoms with Crippen LogP contribution in [0.25, 0.3) is 11.0 Å². The number of fused-ring (bicyclic) bond motifs is 1. The average Bonchev–Trinajstić information content (AvgIpc) is 3.07. The zero-order chi connectivity index (χ0) is 18.7. The zero-order valence-electron chi connectivity index (χ0n) is 15.8. The molecule has 0 aliphatic rings. The normalized spacial score (nSPS) is 12.3. The van der Waals surface area contributed by atoms with Crippen molar-refractivity contribution in [3.63, 3.8) is 0 Å². The first-order chi connectivity index (χ1) is 12.5. The van der Waals surface area contributed by atoms with Gasteiger partial charge < -0.3 is 15.2 Å². The summed E-state index contributed by atoms with van der Waals surface area (Å²) in [5.41, 5.74) is 3.66. The van der Waals surface area contributed by atoms with Crippen molar-refractivity contribution in [2.75, 3.05) is 11.4 Å². The Bertz CT molecular complexity index is 849. The van der Waals surface area contributed by atoms with Crippen molar-refractivity contribution in [2.24, 2.45) is 0 Å². The maximum Gasteiger partial charge on any atom is 0.251 e. The van der Waals surface area contributed by atoms with Gasteiger partial charge in [0.15, 0.2) is 0 Å². The van der Waals surface area contributed by atoms with Crippen LogP contribution >= 0.6 is 0 Å². The van der Waals surface area contributed by atoms with Gasteiger partial charge in [0.05, 0.1) is 17.1 Å². The molecule has 5 heteroatoms. The number of para-hydroxylation sites is 2. The molecule has 26 heavy (non-hydrogen) atoms. The van der Waals surface area contributed by atoms with Crippen molar-refractivity contribution in [3.05, 3.63) is 59.9 Å². The molecule has 1 amide bonds. The highest BCUT2D eigenvalue weighted by molar-refractivity contribution is 5.94. The highest BCUT2D eigenvalue weighted by Crippen LogP contribution is 2.19. The van der Waals surface area contributed by atoms with E-state index in [9.17, 15) is 4.79 Å². The number of aromatic amines is 1. The number of hydrogen-bond donors (Lipinski definition) is 2. The molecule has 0 bridgehead atoms. The average molecular weight is 350 g/mol. The highest BCUT2D eigenvalue weighted by atomic mass is 16.1. The number of anilines is 1. The summed E-state index contributed by atoms with van der Waals surface area (Å²) in [6.45, 7) is 9.34. The molecule has 1 heterocycles. The van der Waals surface area contributed by atoms with E-state index in [2.05, 4.69) is 41.0 Å². The molecule has 0 saturated carbocycles. The zero-order valence-corrected chi connectivity index (χ0v) is 15.8. The van der Waals surface area contributed by atoms with E-state index in [0.717, 1.165) is 29.1 Å². The first-order valence-electron chi connectivity index (χ1n) is 9.11. The van der Waals surface area contributed by atoms with Gasteiger partial charge in [-0.25, -0.2) is 4.98 Å². The van der Waals surface area contributed by atoms with Crippen LogP contribution < -0.4 is 10.2 Å². The largest absolute Gasteiger partial charge is 0.369 e. The minimum atomic E-state index is -0.197. The second kappa shape index (κ2) is 7.60. The second-order valence-electron chi connectivity index (χ2n) is 6.76. The molecule has 0 fully saturated rings. The number of H-pyrrole nitrogens is 1. The third kappa shape index (κ3) is 3.72. The molecular formula is C21H26N4O. The van der Waals surface area contributed by atoms with E-state index in [1.54, 1.807) is 0 Å². The SMILES string of the molecule is CCN(c1ccc(C(=O)NC(C)c2nc3ccccc3[nH]2)cc1)C(C)C. The summed E-state index contributed by atoms with van der Waals surface area (Å²) in [6, 6.07) is 15.8. The lowest BCUT2D eigenvalue weighted by atomic mass is 10.1. The van der Waals surface area contributed by atoms with Crippen LogP contribution in [-0.4, -0.2) is 28.5 Å². The van der Waals surface area contributed by atoms with Gasteiger partial charge in [-0.15, -0.1) is 0 Å². The van der Waals surface area contributed by atoms with Crippen molar-refractivity contribution in [2.45, 2.75) is 39.8 Å². The Morgan fingerprint density at radius 2 is 1.81 bits per heavy atom. The summed E-state index contributed by atoms with van der Waals surface area (Å²) in [4.78, 5) is 22.7. The molecular weight excluding hydrogens is 324 g/mol. The Morgan fingerprint density at radius 1 is 1.12 bits per heavy atom. The van der Waals surface area contributed by atoms with Gasteiger partial charge in [0.1, 0.15) is 5.82 Å². The Morgan fingerprint density at radius 3 is 2.42 bits per heavy atom. The number of amides is 1. The van der Waals surface area contributed by atoms with Crippen LogP contribution in [0.4, 0.5) is 5.69 Å². The van der Waals surface area contributed by atoms with Gasteiger partial charge in [0.2, 0.25) is 0 Å². The van der Waals surface area contributed by atoms with Crippen LogP contribution in [0.15, 0.2) is 48.5 Å². The summed E-state index contributed by atoms with van der Waals surface area (Å²) >= 11 is 0. The van der Waals surface area contributed by atoms with Crippen LogP contribution in [0.3, 0.4) is 0 Å². The number of rotatable bonds is 6. The van der Waals surface area contributed by atoms with Gasteiger partial charge in [0, 0.05) is 23.8 Å². The monoisotopic (exact) mass is 350 g/mol. The van der Waals surface area contributed by atoms with Crippen molar-refractivity contribution >= 4 is 22.6 Å². The number of hydrogen-bond acceptors (Lipinski definition) is 3. The standard InChI is InChI=1S/C21H26N4O/c1-5-25(14(2)3)17-12-10-16(11-13-17)21(26)22-15(4)20-23-18-8-6-7-9-19(18)24-20/h6-15H,5H2,1-4H3,(H,22,26)(H,23,24). The molecule has 3 rings (SSSR count). The molecule has 0 radical (unpaired) electrons. The van der Waals surface area contributed by atoms with Crippen LogP contribution in [0.2, 0.25) is 0 Å². The molecule has 2 N–H and O–H groups in total. The van der Waals surface area contributed by atoms with Crippen molar-refractivity contribution < 1.29 is 4.79 Å². The van der Waals surface area contributed by atoms with Crippen LogP contribution in [0.1, 0.15) is 49.9 Å². The molecule has 136 valence electrons. The second-order valence-corrected chi connectivity index (χ2v) is 6.76. The van der Waals surface area contributed by atoms with Crippen molar-refractivity contribution in [3.8, 4) is 0 Å². The van der Waals surface area contributed by atoms with E-state index in [1.165, 1.54) is 0 Å². The van der Waals surface area contributed by atoms with E-state index in [4.69, 9.17) is 0 Å². The van der Waals surface area contributed by atoms with Crippen molar-refractivity contribution in [1.82, 2.24) is 15.3 Å². The highest BCUT2D eigenvalue weighted by Gasteiger charge is 2.15. The third-order valence-corrected chi connectivity index (χ3v) is 4.59. The van der Waals surface area contributed by atoms with Crippen LogP contribution in [0.5, 0.6) is 0 Å². The number of imidazole rings is 1. The molecule has 0 aliphatic heterocycles. The Balaban J connectivity index is 1.71. The molecule has 1 aromatic heterocycles. The van der Waals surface area contributed by atoms with Crippen LogP contribution in [0, 0.1) is 0 Å². The molecule has 5 nitrogen and oxygen atoms in total. The predicted molar refractivity (Wildman–Crippen MR) is 107 cm³/mol. The van der Waals surface area contributed by atoms with Gasteiger partial charge in [-0.3, -0.25) is 4.79 Å². The number of nitrogens with zero attached hydrogens (tertiary/aromatic N) is 2. The van der Waals surface area contributed by atoms with Gasteiger partial charge in [0.25, 0.3) is 5.91 Å². The summed E-state index contributed by atoms with van der Waals surface area (Å²) in [6.07, 6.45) is 0. The van der Waals surface area contributed by atoms with Crippen LogP contribution in [-0.2, 0) is 0 Å². The first-order valence-corrected chi connectivity index (χ1v) is 9.11. The predicted octanol–water partition coefficient (Wildman–Crippen LogP) is 4.29. The molecule has 1 atom stereocenters. The maximum atomic E-state index is 12.6. The topological polar surface area (TPSA) is 61.0 Å². The summed E-state index contributed by atoms with van der Waals surface area (Å²) < 4.78 is 0. The molecule has 0 spiro atoms. The van der Waals surface area contributed by atoms with Gasteiger partial charge in [-0.05, 0) is 64.1 Å². The lowest BCUT2D eigenvalue weighted by Gasteiger charge is -2.27. The Kier molecular flexibility index (Phi) is 5.26. The quantitative estimate of drug-likeness (QED) is 0.697. The number of carbonyl (C=O) groups is 1. The van der Waals surface area contributed by atoms with E-state index in [-0.39, 0.29) is 11.9 Å². The fourth-order valence-corrected chi connectivity index (χ4v) is 3.18. The third-order valence-electron chi connectivity index (χ3n) is 4.59. The lowest BCUT2D eigenvalue weighted by molar-refractivity contribution is 0.0938. The molecule has 1 unspecified atom stereocenters. The minimum absolute atomic E-state index is 0.0999. The summed E-state index contributed by atoms with van der Waals surface area (Å²) in [7, 11) is 0. The number of aromatic nitrogens is 2. The van der Waals surface area contributed by atoms with E-state index < -0.39 is 0 Å². The van der Waals surface area contributed by atoms with Crippen molar-refractivity contribution in [1.29, 1.82) is 0 Å². The number of nitrogens with one attached hydrogen (secondary N) is 2. The minimum Gasteiger partial charge on any atom is -0.369 e. The Hall–Kier alpha value is -2.82. The lowest BCUT2D eigenvalue weighted by Crippen LogP contribution is -2.30. The molecule has 0 saturated heterocycles. The summed E-state index contributed by atoms with van der Waals surface area (Å²) in [5, 5.41) is 3.01. The van der Waals surface area contributed by atoms with E-state index in [1.807, 2.05) is 55.5 Å². The van der Waals surface area contributed by atoms with Gasteiger partial charge >= 0.3 is 0 Å². The first kappa shape index (κ1) is 18.0. The van der Waals surface area contributed by atoms with Gasteiger partial charge in [-0.2, -0.15) is 0 Å². The molecule has 3 aromatic rings. The summed E-state index contributed by atoms with van der Waals surface area (Å²) in [5.74, 6) is 0.658.